The molecule has 4 N–H and O–H groups in total. The molecule has 0 bridgehead atoms. The Kier molecular flexibility index (Phi) is 6.17. The standard InChI is InChI=1S/C14H24N4OS2/c1-3-7-16-14-18-12(15)11(21-14)13(19)17-9-5-4-6-10(8-9)20-2/h9-10H,3-8,15H2,1-2H3,(H,16,18)(H,17,19). The van der Waals surface area contributed by atoms with Crippen molar-refractivity contribution in [3.63, 3.8) is 0 Å². The number of rotatable bonds is 6. The smallest absolute Gasteiger partial charge is 0.265 e. The summed E-state index contributed by atoms with van der Waals surface area (Å²) in [6, 6.07) is 0.261. The summed E-state index contributed by atoms with van der Waals surface area (Å²) >= 11 is 3.23. The Balaban J connectivity index is 1.95. The normalized spacial score (nSPS) is 22.0. The van der Waals surface area contributed by atoms with E-state index in [1.54, 1.807) is 0 Å². The van der Waals surface area contributed by atoms with E-state index in [-0.39, 0.29) is 11.9 Å². The molecule has 0 aliphatic heterocycles. The molecule has 1 amide bonds. The number of anilines is 2. The highest BCUT2D eigenvalue weighted by atomic mass is 32.2. The van der Waals surface area contributed by atoms with E-state index in [4.69, 9.17) is 5.73 Å². The third-order valence-electron chi connectivity index (χ3n) is 3.68. The molecular weight excluding hydrogens is 304 g/mol. The molecule has 2 rings (SSSR count). The lowest BCUT2D eigenvalue weighted by molar-refractivity contribution is 0.0933. The minimum Gasteiger partial charge on any atom is -0.382 e. The van der Waals surface area contributed by atoms with Crippen molar-refractivity contribution in [2.24, 2.45) is 0 Å². The molecule has 7 heteroatoms. The van der Waals surface area contributed by atoms with E-state index in [9.17, 15) is 4.79 Å². The molecule has 21 heavy (non-hydrogen) atoms. The van der Waals surface area contributed by atoms with Gasteiger partial charge in [0.2, 0.25) is 0 Å². The first-order chi connectivity index (χ1) is 10.1. The van der Waals surface area contributed by atoms with Crippen LogP contribution in [0.2, 0.25) is 0 Å². The zero-order chi connectivity index (χ0) is 15.2. The van der Waals surface area contributed by atoms with E-state index in [1.165, 1.54) is 24.2 Å². The van der Waals surface area contributed by atoms with E-state index in [0.29, 0.717) is 15.9 Å². The van der Waals surface area contributed by atoms with Crippen LogP contribution in [0.1, 0.15) is 48.7 Å². The Morgan fingerprint density at radius 1 is 1.52 bits per heavy atom. The van der Waals surface area contributed by atoms with Crippen molar-refractivity contribution in [3.8, 4) is 0 Å². The summed E-state index contributed by atoms with van der Waals surface area (Å²) in [6.07, 6.45) is 7.69. The molecule has 1 fully saturated rings. The quantitative estimate of drug-likeness (QED) is 0.748. The second-order valence-corrected chi connectivity index (χ2v) is 7.49. The van der Waals surface area contributed by atoms with Crippen molar-refractivity contribution in [2.75, 3.05) is 23.9 Å². The van der Waals surface area contributed by atoms with Crippen molar-refractivity contribution < 1.29 is 4.79 Å². The molecule has 1 aliphatic carbocycles. The second kappa shape index (κ2) is 7.89. The monoisotopic (exact) mass is 328 g/mol. The van der Waals surface area contributed by atoms with Crippen LogP contribution < -0.4 is 16.4 Å². The van der Waals surface area contributed by atoms with Gasteiger partial charge in [0.15, 0.2) is 5.13 Å². The molecule has 1 aliphatic rings. The van der Waals surface area contributed by atoms with Crippen LogP contribution in [0.4, 0.5) is 10.9 Å². The minimum atomic E-state index is -0.0821. The van der Waals surface area contributed by atoms with Gasteiger partial charge in [-0.2, -0.15) is 11.8 Å². The predicted octanol–water partition coefficient (Wildman–Crippen LogP) is 2.95. The van der Waals surface area contributed by atoms with Crippen molar-refractivity contribution in [3.05, 3.63) is 4.88 Å². The van der Waals surface area contributed by atoms with Crippen LogP contribution in [-0.4, -0.2) is 35.0 Å². The molecule has 0 radical (unpaired) electrons. The van der Waals surface area contributed by atoms with E-state index in [0.717, 1.165) is 30.9 Å². The molecule has 0 saturated heterocycles. The number of aromatic nitrogens is 1. The van der Waals surface area contributed by atoms with Crippen LogP contribution in [0.3, 0.4) is 0 Å². The molecule has 0 aromatic carbocycles. The number of nitrogens with one attached hydrogen (secondary N) is 2. The average molecular weight is 329 g/mol. The Labute approximate surface area is 134 Å². The molecule has 1 saturated carbocycles. The Morgan fingerprint density at radius 2 is 2.33 bits per heavy atom. The fourth-order valence-electron chi connectivity index (χ4n) is 2.54. The molecule has 5 nitrogen and oxygen atoms in total. The zero-order valence-electron chi connectivity index (χ0n) is 12.6. The maximum atomic E-state index is 12.4. The van der Waals surface area contributed by atoms with Gasteiger partial charge in [0.05, 0.1) is 0 Å². The number of amides is 1. The molecule has 2 atom stereocenters. The number of thiazole rings is 1. The van der Waals surface area contributed by atoms with Crippen LogP contribution >= 0.6 is 23.1 Å². The maximum Gasteiger partial charge on any atom is 0.265 e. The van der Waals surface area contributed by atoms with Crippen LogP contribution in [0.5, 0.6) is 0 Å². The summed E-state index contributed by atoms with van der Waals surface area (Å²) in [6.45, 7) is 2.93. The minimum absolute atomic E-state index is 0.0821. The van der Waals surface area contributed by atoms with Gasteiger partial charge in [-0.15, -0.1) is 0 Å². The number of nitrogens with two attached hydrogens (primary N) is 1. The van der Waals surface area contributed by atoms with Crippen molar-refractivity contribution in [1.29, 1.82) is 0 Å². The van der Waals surface area contributed by atoms with Gasteiger partial charge in [0, 0.05) is 17.8 Å². The van der Waals surface area contributed by atoms with Gasteiger partial charge < -0.3 is 16.4 Å². The molecular formula is C14H24N4OS2. The van der Waals surface area contributed by atoms with Crippen LogP contribution in [-0.2, 0) is 0 Å². The summed E-state index contributed by atoms with van der Waals surface area (Å²) < 4.78 is 0. The molecule has 1 aromatic rings. The van der Waals surface area contributed by atoms with Gasteiger partial charge >= 0.3 is 0 Å². The molecule has 1 aromatic heterocycles. The first-order valence-corrected chi connectivity index (χ1v) is 9.58. The number of carbonyl (C=O) groups excluding carboxylic acids is 1. The topological polar surface area (TPSA) is 80.0 Å². The van der Waals surface area contributed by atoms with Gasteiger partial charge in [0.25, 0.3) is 5.91 Å². The molecule has 1 heterocycles. The number of thioether (sulfide) groups is 1. The second-order valence-electron chi connectivity index (χ2n) is 5.35. The van der Waals surface area contributed by atoms with E-state index >= 15 is 0 Å². The van der Waals surface area contributed by atoms with Crippen LogP contribution in [0.25, 0.3) is 0 Å². The number of hydrogen-bond acceptors (Lipinski definition) is 6. The Hall–Kier alpha value is -0.950. The lowest BCUT2D eigenvalue weighted by atomic mass is 9.95. The third-order valence-corrected chi connectivity index (χ3v) is 5.80. The van der Waals surface area contributed by atoms with Gasteiger partial charge in [-0.1, -0.05) is 24.7 Å². The number of nitrogen functional groups attached to an aromatic ring is 1. The largest absolute Gasteiger partial charge is 0.382 e. The first-order valence-electron chi connectivity index (χ1n) is 7.47. The van der Waals surface area contributed by atoms with E-state index < -0.39 is 0 Å². The van der Waals surface area contributed by atoms with Crippen LogP contribution in [0, 0.1) is 0 Å². The summed E-state index contributed by atoms with van der Waals surface area (Å²) in [7, 11) is 0. The highest BCUT2D eigenvalue weighted by molar-refractivity contribution is 7.99. The summed E-state index contributed by atoms with van der Waals surface area (Å²) in [5.41, 5.74) is 5.87. The molecule has 2 unspecified atom stereocenters. The van der Waals surface area contributed by atoms with Crippen molar-refractivity contribution in [1.82, 2.24) is 10.3 Å². The van der Waals surface area contributed by atoms with Gasteiger partial charge in [-0.25, -0.2) is 4.98 Å². The Morgan fingerprint density at radius 3 is 3.05 bits per heavy atom. The van der Waals surface area contributed by atoms with E-state index in [1.807, 2.05) is 11.8 Å². The van der Waals surface area contributed by atoms with E-state index in [2.05, 4.69) is 28.8 Å². The lowest BCUT2D eigenvalue weighted by Gasteiger charge is -2.28. The highest BCUT2D eigenvalue weighted by Crippen LogP contribution is 2.29. The first kappa shape index (κ1) is 16.4. The summed E-state index contributed by atoms with van der Waals surface area (Å²) in [5.74, 6) is 0.245. The van der Waals surface area contributed by atoms with Gasteiger partial charge in [0.1, 0.15) is 10.7 Å². The molecule has 0 spiro atoms. The van der Waals surface area contributed by atoms with Crippen LogP contribution in [0.15, 0.2) is 0 Å². The fourth-order valence-corrected chi connectivity index (χ4v) is 4.18. The average Bonchev–Trinajstić information content (AvgIpc) is 2.86. The maximum absolute atomic E-state index is 12.4. The van der Waals surface area contributed by atoms with Crippen molar-refractivity contribution >= 4 is 40.0 Å². The number of carbonyl (C=O) groups is 1. The van der Waals surface area contributed by atoms with Gasteiger partial charge in [-0.3, -0.25) is 4.79 Å². The molecule has 118 valence electrons. The fraction of sp³-hybridized carbons (Fsp3) is 0.714. The number of hydrogen-bond donors (Lipinski definition) is 3. The number of nitrogens with zero attached hydrogens (tertiary/aromatic N) is 1. The SMILES string of the molecule is CCCNc1nc(N)c(C(=O)NC2CCCC(SC)C2)s1. The van der Waals surface area contributed by atoms with Gasteiger partial charge in [-0.05, 0) is 31.9 Å². The Bertz CT molecular complexity index is 478. The van der Waals surface area contributed by atoms with Crippen molar-refractivity contribution in [2.45, 2.75) is 50.3 Å². The highest BCUT2D eigenvalue weighted by Gasteiger charge is 2.24. The summed E-state index contributed by atoms with van der Waals surface area (Å²) in [5, 5.41) is 7.68. The third kappa shape index (κ3) is 4.51. The lowest BCUT2D eigenvalue weighted by Crippen LogP contribution is -2.39. The predicted molar refractivity (Wildman–Crippen MR) is 92.3 cm³/mol. The zero-order valence-corrected chi connectivity index (χ0v) is 14.3. The summed E-state index contributed by atoms with van der Waals surface area (Å²) in [4.78, 5) is 17.1.